The SMILES string of the molecule is CCOC(=O)CC(C)(c1cccc(Cl)c1Cl)N(C)C. The lowest BCUT2D eigenvalue weighted by molar-refractivity contribution is -0.146. The Labute approximate surface area is 124 Å². The zero-order chi connectivity index (χ0) is 14.6. The van der Waals surface area contributed by atoms with Crippen LogP contribution in [0.4, 0.5) is 0 Å². The summed E-state index contributed by atoms with van der Waals surface area (Å²) in [4.78, 5) is 13.8. The van der Waals surface area contributed by atoms with E-state index >= 15 is 0 Å². The van der Waals surface area contributed by atoms with Gasteiger partial charge in [-0.05, 0) is 39.6 Å². The van der Waals surface area contributed by atoms with Crippen molar-refractivity contribution in [3.8, 4) is 0 Å². The highest BCUT2D eigenvalue weighted by Gasteiger charge is 2.34. The minimum absolute atomic E-state index is 0.216. The number of carbonyl (C=O) groups is 1. The summed E-state index contributed by atoms with van der Waals surface area (Å²) in [5.74, 6) is -0.255. The van der Waals surface area contributed by atoms with E-state index in [1.165, 1.54) is 0 Å². The summed E-state index contributed by atoms with van der Waals surface area (Å²) < 4.78 is 5.04. The van der Waals surface area contributed by atoms with Gasteiger partial charge in [-0.3, -0.25) is 9.69 Å². The van der Waals surface area contributed by atoms with E-state index in [9.17, 15) is 4.79 Å². The number of carbonyl (C=O) groups excluding carboxylic acids is 1. The molecule has 0 amide bonds. The molecule has 0 saturated heterocycles. The molecule has 1 aromatic carbocycles. The Balaban J connectivity index is 3.19. The zero-order valence-electron chi connectivity index (χ0n) is 11.7. The van der Waals surface area contributed by atoms with Crippen LogP contribution in [0.3, 0.4) is 0 Å². The molecule has 0 aliphatic carbocycles. The molecule has 0 bridgehead atoms. The number of benzene rings is 1. The number of hydrogen-bond acceptors (Lipinski definition) is 3. The summed E-state index contributed by atoms with van der Waals surface area (Å²) in [6.45, 7) is 4.10. The molecular weight excluding hydrogens is 285 g/mol. The molecule has 0 N–H and O–H groups in total. The van der Waals surface area contributed by atoms with Gasteiger partial charge in [0.2, 0.25) is 0 Å². The van der Waals surface area contributed by atoms with Gasteiger partial charge < -0.3 is 4.74 Å². The third-order valence-electron chi connectivity index (χ3n) is 3.31. The molecule has 0 aromatic heterocycles. The number of halogens is 2. The van der Waals surface area contributed by atoms with Crippen molar-refractivity contribution >= 4 is 29.2 Å². The first-order valence-corrected chi connectivity index (χ1v) is 6.86. The number of rotatable bonds is 5. The van der Waals surface area contributed by atoms with Crippen molar-refractivity contribution in [3.05, 3.63) is 33.8 Å². The van der Waals surface area contributed by atoms with E-state index in [2.05, 4.69) is 0 Å². The fourth-order valence-corrected chi connectivity index (χ4v) is 2.41. The Bertz CT molecular complexity index is 463. The predicted molar refractivity (Wildman–Crippen MR) is 78.8 cm³/mol. The first-order chi connectivity index (χ1) is 8.82. The molecule has 1 atom stereocenters. The van der Waals surface area contributed by atoms with Crippen LogP contribution in [-0.2, 0) is 15.1 Å². The molecular formula is C14H19Cl2NO2. The van der Waals surface area contributed by atoms with Gasteiger partial charge in [0.05, 0.1) is 28.6 Å². The highest BCUT2D eigenvalue weighted by molar-refractivity contribution is 6.42. The molecule has 0 aliphatic rings. The second kappa shape index (κ2) is 6.60. The van der Waals surface area contributed by atoms with E-state index in [1.54, 1.807) is 13.0 Å². The molecule has 0 aliphatic heterocycles. The van der Waals surface area contributed by atoms with Gasteiger partial charge in [-0.1, -0.05) is 35.3 Å². The van der Waals surface area contributed by atoms with Gasteiger partial charge in [0.1, 0.15) is 0 Å². The number of nitrogens with zero attached hydrogens (tertiary/aromatic N) is 1. The molecule has 1 rings (SSSR count). The predicted octanol–water partition coefficient (Wildman–Crippen LogP) is 3.72. The molecule has 19 heavy (non-hydrogen) atoms. The largest absolute Gasteiger partial charge is 0.466 e. The quantitative estimate of drug-likeness (QED) is 0.776. The molecule has 0 saturated carbocycles. The van der Waals surface area contributed by atoms with E-state index in [0.29, 0.717) is 16.7 Å². The van der Waals surface area contributed by atoms with Gasteiger partial charge in [0.25, 0.3) is 0 Å². The van der Waals surface area contributed by atoms with E-state index < -0.39 is 5.54 Å². The maximum Gasteiger partial charge on any atom is 0.308 e. The van der Waals surface area contributed by atoms with Crippen molar-refractivity contribution < 1.29 is 9.53 Å². The van der Waals surface area contributed by atoms with E-state index in [1.807, 2.05) is 38.1 Å². The monoisotopic (exact) mass is 303 g/mol. The Morgan fingerprint density at radius 3 is 2.53 bits per heavy atom. The lowest BCUT2D eigenvalue weighted by atomic mass is 9.87. The third kappa shape index (κ3) is 3.62. The van der Waals surface area contributed by atoms with Gasteiger partial charge >= 0.3 is 5.97 Å². The number of esters is 1. The molecule has 3 nitrogen and oxygen atoms in total. The van der Waals surface area contributed by atoms with Crippen LogP contribution in [0.15, 0.2) is 18.2 Å². The normalized spacial score (nSPS) is 14.3. The van der Waals surface area contributed by atoms with Crippen molar-refractivity contribution in [1.82, 2.24) is 4.90 Å². The topological polar surface area (TPSA) is 29.5 Å². The molecule has 0 radical (unpaired) electrons. The summed E-state index contributed by atoms with van der Waals surface area (Å²) in [6, 6.07) is 5.44. The van der Waals surface area contributed by atoms with Crippen molar-refractivity contribution in [2.75, 3.05) is 20.7 Å². The summed E-state index contributed by atoms with van der Waals surface area (Å²) in [5, 5.41) is 0.959. The number of ether oxygens (including phenoxy) is 1. The van der Waals surface area contributed by atoms with E-state index in [0.717, 1.165) is 5.56 Å². The molecule has 1 unspecified atom stereocenters. The average Bonchev–Trinajstić information content (AvgIpc) is 2.32. The van der Waals surface area contributed by atoms with Gasteiger partial charge in [0, 0.05) is 0 Å². The second-order valence-corrected chi connectivity index (χ2v) is 5.54. The molecule has 1 aromatic rings. The molecule has 0 heterocycles. The minimum Gasteiger partial charge on any atom is -0.466 e. The van der Waals surface area contributed by atoms with Gasteiger partial charge in [-0.2, -0.15) is 0 Å². The molecule has 106 valence electrons. The smallest absolute Gasteiger partial charge is 0.308 e. The Morgan fingerprint density at radius 2 is 2.00 bits per heavy atom. The summed E-state index contributed by atoms with van der Waals surface area (Å²) in [6.07, 6.45) is 0.216. The van der Waals surface area contributed by atoms with Crippen LogP contribution in [0.1, 0.15) is 25.8 Å². The number of hydrogen-bond donors (Lipinski definition) is 0. The fraction of sp³-hybridized carbons (Fsp3) is 0.500. The van der Waals surface area contributed by atoms with Crippen LogP contribution < -0.4 is 0 Å². The summed E-state index contributed by atoms with van der Waals surface area (Å²) in [5.41, 5.74) is 0.258. The van der Waals surface area contributed by atoms with Crippen molar-refractivity contribution in [2.45, 2.75) is 25.8 Å². The Morgan fingerprint density at radius 1 is 1.37 bits per heavy atom. The van der Waals surface area contributed by atoms with Crippen LogP contribution in [-0.4, -0.2) is 31.6 Å². The summed E-state index contributed by atoms with van der Waals surface area (Å²) >= 11 is 12.3. The highest BCUT2D eigenvalue weighted by Crippen LogP contribution is 2.38. The maximum absolute atomic E-state index is 11.8. The Kier molecular flexibility index (Phi) is 5.65. The lowest BCUT2D eigenvalue weighted by Gasteiger charge is -2.37. The van der Waals surface area contributed by atoms with Crippen molar-refractivity contribution in [2.24, 2.45) is 0 Å². The fourth-order valence-electron chi connectivity index (χ4n) is 1.91. The van der Waals surface area contributed by atoms with Crippen molar-refractivity contribution in [1.29, 1.82) is 0 Å². The molecule has 5 heteroatoms. The van der Waals surface area contributed by atoms with E-state index in [-0.39, 0.29) is 12.4 Å². The van der Waals surface area contributed by atoms with Crippen molar-refractivity contribution in [3.63, 3.8) is 0 Å². The van der Waals surface area contributed by atoms with Crippen LogP contribution in [0, 0.1) is 0 Å². The van der Waals surface area contributed by atoms with Crippen LogP contribution in [0.2, 0.25) is 10.0 Å². The lowest BCUT2D eigenvalue weighted by Crippen LogP contribution is -2.41. The van der Waals surface area contributed by atoms with Gasteiger partial charge in [-0.15, -0.1) is 0 Å². The summed E-state index contributed by atoms with van der Waals surface area (Å²) in [7, 11) is 3.80. The Hall–Kier alpha value is -0.770. The van der Waals surface area contributed by atoms with Crippen LogP contribution in [0.5, 0.6) is 0 Å². The maximum atomic E-state index is 11.8. The molecule has 0 fully saturated rings. The zero-order valence-corrected chi connectivity index (χ0v) is 13.2. The van der Waals surface area contributed by atoms with E-state index in [4.69, 9.17) is 27.9 Å². The second-order valence-electron chi connectivity index (χ2n) is 4.75. The minimum atomic E-state index is -0.561. The first kappa shape index (κ1) is 16.3. The van der Waals surface area contributed by atoms with Gasteiger partial charge in [-0.25, -0.2) is 0 Å². The van der Waals surface area contributed by atoms with Gasteiger partial charge in [0.15, 0.2) is 0 Å². The third-order valence-corrected chi connectivity index (χ3v) is 4.13. The van der Waals surface area contributed by atoms with Crippen LogP contribution >= 0.6 is 23.2 Å². The first-order valence-electron chi connectivity index (χ1n) is 6.10. The average molecular weight is 304 g/mol. The standard InChI is InChI=1S/C14H19Cl2NO2/c1-5-19-12(18)9-14(2,17(3)4)10-7-6-8-11(15)13(10)16/h6-8H,5,9H2,1-4H3. The molecule has 0 spiro atoms. The highest BCUT2D eigenvalue weighted by atomic mass is 35.5. The van der Waals surface area contributed by atoms with Crippen LogP contribution in [0.25, 0.3) is 0 Å².